The number of nitrogens with zero attached hydrogens (tertiary/aromatic N) is 1. The number of esters is 1. The molecule has 1 aromatic carbocycles. The van der Waals surface area contributed by atoms with E-state index in [1.807, 2.05) is 35.2 Å². The molecular formula is C14H14NO2S+. The van der Waals surface area contributed by atoms with Gasteiger partial charge >= 0.3 is 5.97 Å². The Morgan fingerprint density at radius 3 is 2.39 bits per heavy atom. The maximum atomic E-state index is 11.4. The van der Waals surface area contributed by atoms with Crippen molar-refractivity contribution in [2.75, 3.05) is 5.94 Å². The van der Waals surface area contributed by atoms with E-state index in [4.69, 9.17) is 4.74 Å². The van der Waals surface area contributed by atoms with Crippen LogP contribution in [0.5, 0.6) is 0 Å². The Balaban J connectivity index is 2.06. The van der Waals surface area contributed by atoms with E-state index >= 15 is 0 Å². The zero-order chi connectivity index (χ0) is 12.8. The van der Waals surface area contributed by atoms with Crippen LogP contribution in [0.4, 0.5) is 0 Å². The molecule has 0 aliphatic heterocycles. The van der Waals surface area contributed by atoms with E-state index in [9.17, 15) is 4.79 Å². The molecule has 2 aromatic rings. The normalized spacial score (nSPS) is 10.1. The highest BCUT2D eigenvalue weighted by molar-refractivity contribution is 7.80. The molecule has 0 spiro atoms. The summed E-state index contributed by atoms with van der Waals surface area (Å²) in [5.74, 6) is -0.255. The second-order valence-corrected chi connectivity index (χ2v) is 4.06. The number of rotatable bonds is 4. The quantitative estimate of drug-likeness (QED) is 0.395. The first-order chi connectivity index (χ1) is 8.79. The molecule has 0 saturated carbocycles. The van der Waals surface area contributed by atoms with Crippen molar-refractivity contribution in [1.82, 2.24) is 0 Å². The van der Waals surface area contributed by atoms with Gasteiger partial charge in [0.15, 0.2) is 18.9 Å². The average molecular weight is 260 g/mol. The van der Waals surface area contributed by atoms with Crippen molar-refractivity contribution in [3.05, 3.63) is 66.0 Å². The summed E-state index contributed by atoms with van der Waals surface area (Å²) < 4.78 is 6.81. The third kappa shape index (κ3) is 3.34. The number of aromatic nitrogens is 1. The van der Waals surface area contributed by atoms with E-state index < -0.39 is 0 Å². The molecule has 0 amide bonds. The molecule has 0 saturated heterocycles. The SMILES string of the molecule is O=C(OCS)c1cc[n+](Cc2ccccc2)cc1. The van der Waals surface area contributed by atoms with Gasteiger partial charge in [-0.1, -0.05) is 30.3 Å². The maximum Gasteiger partial charge on any atom is 0.339 e. The summed E-state index contributed by atoms with van der Waals surface area (Å²) >= 11 is 3.85. The Morgan fingerprint density at radius 2 is 1.78 bits per heavy atom. The van der Waals surface area contributed by atoms with Gasteiger partial charge in [0, 0.05) is 17.7 Å². The number of pyridine rings is 1. The molecule has 2 rings (SSSR count). The van der Waals surface area contributed by atoms with E-state index in [2.05, 4.69) is 24.8 Å². The first kappa shape index (κ1) is 12.6. The maximum absolute atomic E-state index is 11.4. The van der Waals surface area contributed by atoms with Gasteiger partial charge in [-0.3, -0.25) is 0 Å². The van der Waals surface area contributed by atoms with Gasteiger partial charge in [0.1, 0.15) is 5.94 Å². The van der Waals surface area contributed by atoms with E-state index in [0.29, 0.717) is 5.56 Å². The first-order valence-electron chi connectivity index (χ1n) is 5.60. The number of hydrogen-bond acceptors (Lipinski definition) is 3. The van der Waals surface area contributed by atoms with Crippen LogP contribution < -0.4 is 4.57 Å². The Kier molecular flexibility index (Phi) is 4.36. The lowest BCUT2D eigenvalue weighted by Crippen LogP contribution is -2.33. The summed E-state index contributed by atoms with van der Waals surface area (Å²) in [5, 5.41) is 0. The largest absolute Gasteiger partial charge is 0.451 e. The zero-order valence-electron chi connectivity index (χ0n) is 9.82. The Bertz CT molecular complexity index is 511. The van der Waals surface area contributed by atoms with Crippen LogP contribution >= 0.6 is 12.6 Å². The summed E-state index contributed by atoms with van der Waals surface area (Å²) in [6.45, 7) is 0.780. The van der Waals surface area contributed by atoms with Gasteiger partial charge in [-0.25, -0.2) is 9.36 Å². The molecule has 0 N–H and O–H groups in total. The first-order valence-corrected chi connectivity index (χ1v) is 6.24. The van der Waals surface area contributed by atoms with E-state index in [-0.39, 0.29) is 11.9 Å². The average Bonchev–Trinajstić information content (AvgIpc) is 2.41. The van der Waals surface area contributed by atoms with Crippen molar-refractivity contribution in [1.29, 1.82) is 0 Å². The highest BCUT2D eigenvalue weighted by Gasteiger charge is 2.09. The molecule has 1 heterocycles. The predicted molar refractivity (Wildman–Crippen MR) is 71.4 cm³/mol. The lowest BCUT2D eigenvalue weighted by molar-refractivity contribution is -0.688. The molecule has 0 fully saturated rings. The molecule has 0 bridgehead atoms. The van der Waals surface area contributed by atoms with Crippen LogP contribution in [-0.4, -0.2) is 11.9 Å². The van der Waals surface area contributed by atoms with E-state index in [1.54, 1.807) is 12.1 Å². The van der Waals surface area contributed by atoms with Crippen molar-refractivity contribution in [3.63, 3.8) is 0 Å². The number of carbonyl (C=O) groups is 1. The predicted octanol–water partition coefficient (Wildman–Crippen LogP) is 2.07. The standard InChI is InChI=1S/C14H13NO2S/c16-14(17-11-18)13-6-8-15(9-7-13)10-12-4-2-1-3-5-12/h1-9H,10-11H2/p+1. The van der Waals surface area contributed by atoms with Crippen molar-refractivity contribution in [3.8, 4) is 0 Å². The Hall–Kier alpha value is -1.81. The molecular weight excluding hydrogens is 246 g/mol. The molecule has 1 aromatic heterocycles. The molecule has 4 heteroatoms. The lowest BCUT2D eigenvalue weighted by Gasteiger charge is -2.01. The highest BCUT2D eigenvalue weighted by Crippen LogP contribution is 2.01. The monoisotopic (exact) mass is 260 g/mol. The molecule has 0 radical (unpaired) electrons. The zero-order valence-corrected chi connectivity index (χ0v) is 10.7. The fourth-order valence-corrected chi connectivity index (χ4v) is 1.75. The fraction of sp³-hybridized carbons (Fsp3) is 0.143. The van der Waals surface area contributed by atoms with Crippen LogP contribution in [0, 0.1) is 0 Å². The fourth-order valence-electron chi connectivity index (χ4n) is 1.64. The summed E-state index contributed by atoms with van der Waals surface area (Å²) in [6.07, 6.45) is 3.73. The van der Waals surface area contributed by atoms with E-state index in [0.717, 1.165) is 6.54 Å². The number of carbonyl (C=O) groups excluding carboxylic acids is 1. The van der Waals surface area contributed by atoms with Gasteiger partial charge in [-0.05, 0) is 0 Å². The van der Waals surface area contributed by atoms with Crippen LogP contribution in [0.15, 0.2) is 54.9 Å². The van der Waals surface area contributed by atoms with Gasteiger partial charge in [0.25, 0.3) is 0 Å². The van der Waals surface area contributed by atoms with Gasteiger partial charge in [-0.2, -0.15) is 0 Å². The number of hydrogen-bond donors (Lipinski definition) is 1. The number of ether oxygens (including phenoxy) is 1. The molecule has 0 aliphatic carbocycles. The summed E-state index contributed by atoms with van der Waals surface area (Å²) in [4.78, 5) is 11.4. The summed E-state index contributed by atoms with van der Waals surface area (Å²) in [5.41, 5.74) is 1.75. The van der Waals surface area contributed by atoms with Crippen LogP contribution in [0.3, 0.4) is 0 Å². The summed E-state index contributed by atoms with van der Waals surface area (Å²) in [6, 6.07) is 13.6. The van der Waals surface area contributed by atoms with Gasteiger partial charge < -0.3 is 4.74 Å². The third-order valence-corrected chi connectivity index (χ3v) is 2.66. The van der Waals surface area contributed by atoms with Gasteiger partial charge in [-0.15, -0.1) is 12.6 Å². The van der Waals surface area contributed by atoms with Crippen molar-refractivity contribution in [2.45, 2.75) is 6.54 Å². The van der Waals surface area contributed by atoms with Crippen LogP contribution in [0.2, 0.25) is 0 Å². The smallest absolute Gasteiger partial charge is 0.339 e. The van der Waals surface area contributed by atoms with Gasteiger partial charge in [0.05, 0.1) is 5.56 Å². The number of thiol groups is 1. The Morgan fingerprint density at radius 1 is 1.11 bits per heavy atom. The van der Waals surface area contributed by atoms with Crippen LogP contribution in [0.25, 0.3) is 0 Å². The minimum atomic E-state index is -0.350. The Labute approximate surface area is 111 Å². The third-order valence-electron chi connectivity index (χ3n) is 2.53. The van der Waals surface area contributed by atoms with Gasteiger partial charge in [0.2, 0.25) is 0 Å². The van der Waals surface area contributed by atoms with Crippen molar-refractivity contribution < 1.29 is 14.1 Å². The molecule has 0 unspecified atom stereocenters. The molecule has 92 valence electrons. The topological polar surface area (TPSA) is 30.2 Å². The van der Waals surface area contributed by atoms with Crippen molar-refractivity contribution in [2.24, 2.45) is 0 Å². The molecule has 3 nitrogen and oxygen atoms in total. The second kappa shape index (κ2) is 6.21. The highest BCUT2D eigenvalue weighted by atomic mass is 32.1. The lowest BCUT2D eigenvalue weighted by atomic mass is 10.2. The summed E-state index contributed by atoms with van der Waals surface area (Å²) in [7, 11) is 0. The second-order valence-electron chi connectivity index (χ2n) is 3.81. The van der Waals surface area contributed by atoms with E-state index in [1.165, 1.54) is 5.56 Å². The van der Waals surface area contributed by atoms with Crippen LogP contribution in [-0.2, 0) is 11.3 Å². The minimum absolute atomic E-state index is 0.0950. The molecule has 0 atom stereocenters. The van der Waals surface area contributed by atoms with Crippen molar-refractivity contribution >= 4 is 18.6 Å². The van der Waals surface area contributed by atoms with Crippen LogP contribution in [0.1, 0.15) is 15.9 Å². The minimum Gasteiger partial charge on any atom is -0.451 e. The molecule has 18 heavy (non-hydrogen) atoms. The number of benzene rings is 1. The molecule has 0 aliphatic rings.